The number of benzene rings is 2. The van der Waals surface area contributed by atoms with Crippen molar-refractivity contribution in [1.29, 1.82) is 0 Å². The van der Waals surface area contributed by atoms with Crippen LogP contribution >= 0.6 is 11.6 Å². The van der Waals surface area contributed by atoms with E-state index in [0.717, 1.165) is 27.6 Å². The molecule has 0 fully saturated rings. The number of rotatable bonds is 3. The molecule has 3 heteroatoms. The number of hydrogen-bond acceptors (Lipinski definition) is 2. The zero-order valence-corrected chi connectivity index (χ0v) is 10.4. The summed E-state index contributed by atoms with van der Waals surface area (Å²) in [7, 11) is 0. The van der Waals surface area contributed by atoms with Crippen LogP contribution < -0.4 is 10.5 Å². The Bertz CT molecular complexity index is 525. The Kier molecular flexibility index (Phi) is 3.55. The lowest BCUT2D eigenvalue weighted by Crippen LogP contribution is -1.97. The highest BCUT2D eigenvalue weighted by molar-refractivity contribution is 6.31. The summed E-state index contributed by atoms with van der Waals surface area (Å²) in [5.41, 5.74) is 8.51. The third kappa shape index (κ3) is 2.92. The normalized spacial score (nSPS) is 10.2. The van der Waals surface area contributed by atoms with Crippen molar-refractivity contribution in [3.05, 3.63) is 58.6 Å². The molecule has 0 aliphatic rings. The van der Waals surface area contributed by atoms with Crippen LogP contribution in [0.5, 0.6) is 5.75 Å². The molecule has 0 aliphatic heterocycles. The van der Waals surface area contributed by atoms with Gasteiger partial charge in [-0.3, -0.25) is 0 Å². The standard InChI is InChI=1S/C14H14ClNO/c1-10-8-12(6-7-14(10)16)17-9-11-4-2-3-5-13(11)15/h2-8H,9,16H2,1H3. The molecule has 0 radical (unpaired) electrons. The molecule has 0 heterocycles. The van der Waals surface area contributed by atoms with Crippen LogP contribution in [0.1, 0.15) is 11.1 Å². The van der Waals surface area contributed by atoms with Crippen LogP contribution in [-0.2, 0) is 6.61 Å². The quantitative estimate of drug-likeness (QED) is 0.837. The van der Waals surface area contributed by atoms with Gasteiger partial charge in [0.15, 0.2) is 0 Å². The fourth-order valence-corrected chi connectivity index (χ4v) is 1.70. The molecule has 0 amide bonds. The van der Waals surface area contributed by atoms with Gasteiger partial charge in [0.1, 0.15) is 12.4 Å². The monoisotopic (exact) mass is 247 g/mol. The molecule has 0 atom stereocenters. The Balaban J connectivity index is 2.08. The van der Waals surface area contributed by atoms with Crippen LogP contribution in [0, 0.1) is 6.92 Å². The highest BCUT2D eigenvalue weighted by atomic mass is 35.5. The summed E-state index contributed by atoms with van der Waals surface area (Å²) >= 11 is 6.05. The molecule has 2 aromatic rings. The van der Waals surface area contributed by atoms with Crippen LogP contribution in [0.25, 0.3) is 0 Å². The number of halogens is 1. The zero-order chi connectivity index (χ0) is 12.3. The van der Waals surface area contributed by atoms with Crippen molar-refractivity contribution in [2.75, 3.05) is 5.73 Å². The average molecular weight is 248 g/mol. The fourth-order valence-electron chi connectivity index (χ4n) is 1.51. The fraction of sp³-hybridized carbons (Fsp3) is 0.143. The van der Waals surface area contributed by atoms with E-state index in [1.807, 2.05) is 49.4 Å². The van der Waals surface area contributed by atoms with Crippen molar-refractivity contribution < 1.29 is 4.74 Å². The summed E-state index contributed by atoms with van der Waals surface area (Å²) < 4.78 is 5.67. The maximum atomic E-state index is 6.05. The minimum absolute atomic E-state index is 0.461. The molecule has 0 aliphatic carbocycles. The Morgan fingerprint density at radius 1 is 1.18 bits per heavy atom. The Morgan fingerprint density at radius 2 is 1.94 bits per heavy atom. The lowest BCUT2D eigenvalue weighted by molar-refractivity contribution is 0.306. The maximum absolute atomic E-state index is 6.05. The second-order valence-electron chi connectivity index (χ2n) is 3.90. The summed E-state index contributed by atoms with van der Waals surface area (Å²) in [6.07, 6.45) is 0. The molecule has 17 heavy (non-hydrogen) atoms. The summed E-state index contributed by atoms with van der Waals surface area (Å²) in [5.74, 6) is 0.802. The Hall–Kier alpha value is -1.67. The summed E-state index contributed by atoms with van der Waals surface area (Å²) in [6.45, 7) is 2.42. The number of anilines is 1. The van der Waals surface area contributed by atoms with E-state index >= 15 is 0 Å². The third-order valence-corrected chi connectivity index (χ3v) is 2.96. The molecule has 2 rings (SSSR count). The molecule has 0 aromatic heterocycles. The molecule has 0 saturated carbocycles. The molecular weight excluding hydrogens is 234 g/mol. The molecule has 0 spiro atoms. The topological polar surface area (TPSA) is 35.2 Å². The lowest BCUT2D eigenvalue weighted by Gasteiger charge is -2.09. The second kappa shape index (κ2) is 5.11. The average Bonchev–Trinajstić information content (AvgIpc) is 2.32. The molecular formula is C14H14ClNO. The van der Waals surface area contributed by atoms with Gasteiger partial charge >= 0.3 is 0 Å². The Labute approximate surface area is 106 Å². The third-order valence-electron chi connectivity index (χ3n) is 2.59. The van der Waals surface area contributed by atoms with E-state index in [4.69, 9.17) is 22.1 Å². The van der Waals surface area contributed by atoms with Crippen molar-refractivity contribution in [1.82, 2.24) is 0 Å². The van der Waals surface area contributed by atoms with Crippen LogP contribution in [0.15, 0.2) is 42.5 Å². The zero-order valence-electron chi connectivity index (χ0n) is 9.61. The van der Waals surface area contributed by atoms with E-state index in [-0.39, 0.29) is 0 Å². The molecule has 2 N–H and O–H groups in total. The molecule has 2 aromatic carbocycles. The van der Waals surface area contributed by atoms with Gasteiger partial charge in [0.05, 0.1) is 0 Å². The highest BCUT2D eigenvalue weighted by Gasteiger charge is 2.01. The predicted octanol–water partition coefficient (Wildman–Crippen LogP) is 3.81. The van der Waals surface area contributed by atoms with E-state index in [1.54, 1.807) is 0 Å². The van der Waals surface area contributed by atoms with E-state index in [2.05, 4.69) is 0 Å². The van der Waals surface area contributed by atoms with Gasteiger partial charge in [0.2, 0.25) is 0 Å². The minimum atomic E-state index is 0.461. The second-order valence-corrected chi connectivity index (χ2v) is 4.31. The number of ether oxygens (including phenoxy) is 1. The van der Waals surface area contributed by atoms with Crippen LogP contribution in [0.4, 0.5) is 5.69 Å². The number of aryl methyl sites for hydroxylation is 1. The number of nitrogen functional groups attached to an aromatic ring is 1. The van der Waals surface area contributed by atoms with Gasteiger partial charge < -0.3 is 10.5 Å². The van der Waals surface area contributed by atoms with Gasteiger partial charge in [-0.1, -0.05) is 29.8 Å². The molecule has 0 saturated heterocycles. The van der Waals surface area contributed by atoms with Gasteiger partial charge in [0.25, 0.3) is 0 Å². The number of nitrogens with two attached hydrogens (primary N) is 1. The van der Waals surface area contributed by atoms with Gasteiger partial charge in [0, 0.05) is 16.3 Å². The summed E-state index contributed by atoms with van der Waals surface area (Å²) in [4.78, 5) is 0. The highest BCUT2D eigenvalue weighted by Crippen LogP contribution is 2.21. The van der Waals surface area contributed by atoms with E-state index < -0.39 is 0 Å². The first-order valence-corrected chi connectivity index (χ1v) is 5.77. The van der Waals surface area contributed by atoms with Gasteiger partial charge in [-0.2, -0.15) is 0 Å². The first-order valence-electron chi connectivity index (χ1n) is 5.39. The first-order chi connectivity index (χ1) is 8.16. The van der Waals surface area contributed by atoms with Gasteiger partial charge in [-0.25, -0.2) is 0 Å². The SMILES string of the molecule is Cc1cc(OCc2ccccc2Cl)ccc1N. The van der Waals surface area contributed by atoms with E-state index in [9.17, 15) is 0 Å². The first kappa shape index (κ1) is 11.8. The smallest absolute Gasteiger partial charge is 0.120 e. The predicted molar refractivity (Wildman–Crippen MR) is 71.4 cm³/mol. The molecule has 0 unspecified atom stereocenters. The van der Waals surface area contributed by atoms with E-state index in [0.29, 0.717) is 6.61 Å². The molecule has 0 bridgehead atoms. The molecule has 88 valence electrons. The van der Waals surface area contributed by atoms with Crippen LogP contribution in [-0.4, -0.2) is 0 Å². The largest absolute Gasteiger partial charge is 0.489 e. The van der Waals surface area contributed by atoms with Crippen molar-refractivity contribution in [3.63, 3.8) is 0 Å². The van der Waals surface area contributed by atoms with E-state index in [1.165, 1.54) is 0 Å². The van der Waals surface area contributed by atoms with Crippen molar-refractivity contribution >= 4 is 17.3 Å². The Morgan fingerprint density at radius 3 is 2.65 bits per heavy atom. The van der Waals surface area contributed by atoms with Crippen LogP contribution in [0.2, 0.25) is 5.02 Å². The minimum Gasteiger partial charge on any atom is -0.489 e. The van der Waals surface area contributed by atoms with Gasteiger partial charge in [-0.15, -0.1) is 0 Å². The molecule has 2 nitrogen and oxygen atoms in total. The lowest BCUT2D eigenvalue weighted by atomic mass is 10.2. The van der Waals surface area contributed by atoms with Crippen molar-refractivity contribution in [2.24, 2.45) is 0 Å². The maximum Gasteiger partial charge on any atom is 0.120 e. The van der Waals surface area contributed by atoms with Crippen molar-refractivity contribution in [2.45, 2.75) is 13.5 Å². The van der Waals surface area contributed by atoms with Crippen molar-refractivity contribution in [3.8, 4) is 5.75 Å². The van der Waals surface area contributed by atoms with Gasteiger partial charge in [-0.05, 0) is 36.8 Å². The summed E-state index contributed by atoms with van der Waals surface area (Å²) in [6, 6.07) is 13.3. The number of hydrogen-bond donors (Lipinski definition) is 1. The van der Waals surface area contributed by atoms with Crippen LogP contribution in [0.3, 0.4) is 0 Å². The summed E-state index contributed by atoms with van der Waals surface area (Å²) in [5, 5.41) is 0.722.